The van der Waals surface area contributed by atoms with Crippen molar-refractivity contribution < 1.29 is 14.3 Å². The van der Waals surface area contributed by atoms with Crippen LogP contribution >= 0.6 is 0 Å². The molecule has 5 heteroatoms. The van der Waals surface area contributed by atoms with Gasteiger partial charge >= 0.3 is 0 Å². The van der Waals surface area contributed by atoms with E-state index in [9.17, 15) is 4.79 Å². The van der Waals surface area contributed by atoms with Gasteiger partial charge in [-0.25, -0.2) is 0 Å². The van der Waals surface area contributed by atoms with Crippen molar-refractivity contribution in [2.75, 3.05) is 14.2 Å². The minimum Gasteiger partial charge on any atom is -0.496 e. The van der Waals surface area contributed by atoms with E-state index in [0.717, 1.165) is 22.6 Å². The van der Waals surface area contributed by atoms with Crippen molar-refractivity contribution >= 4 is 11.9 Å². The van der Waals surface area contributed by atoms with Crippen LogP contribution in [0, 0.1) is 6.92 Å². The van der Waals surface area contributed by atoms with Gasteiger partial charge in [-0.15, -0.1) is 0 Å². The van der Waals surface area contributed by atoms with E-state index in [2.05, 4.69) is 5.10 Å². The van der Waals surface area contributed by atoms with E-state index >= 15 is 0 Å². The highest BCUT2D eigenvalue weighted by Gasteiger charge is 2.09. The van der Waals surface area contributed by atoms with Crippen molar-refractivity contribution in [3.63, 3.8) is 0 Å². The molecule has 0 unspecified atom stereocenters. The van der Waals surface area contributed by atoms with Gasteiger partial charge in [-0.3, -0.25) is 9.48 Å². The number of rotatable bonds is 6. The van der Waals surface area contributed by atoms with Gasteiger partial charge in [0.05, 0.1) is 25.0 Å². The molecule has 0 atom stereocenters. The molecule has 2 aromatic rings. The molecule has 5 nitrogen and oxygen atoms in total. The summed E-state index contributed by atoms with van der Waals surface area (Å²) in [4.78, 5) is 12.2. The zero-order valence-corrected chi connectivity index (χ0v) is 13.3. The fourth-order valence-electron chi connectivity index (χ4n) is 2.27. The van der Waals surface area contributed by atoms with Crippen LogP contribution in [0.4, 0.5) is 0 Å². The van der Waals surface area contributed by atoms with Gasteiger partial charge in [-0.1, -0.05) is 12.1 Å². The minimum absolute atomic E-state index is 0.0605. The molecule has 0 aliphatic rings. The number of ketones is 1. The van der Waals surface area contributed by atoms with E-state index in [1.54, 1.807) is 44.3 Å². The van der Waals surface area contributed by atoms with Crippen molar-refractivity contribution in [2.24, 2.45) is 7.05 Å². The monoisotopic (exact) mass is 300 g/mol. The normalized spacial score (nSPS) is 11.1. The van der Waals surface area contributed by atoms with Crippen LogP contribution in [0.25, 0.3) is 6.08 Å². The molecule has 2 rings (SSSR count). The minimum atomic E-state index is -0.0605. The van der Waals surface area contributed by atoms with Gasteiger partial charge in [0.25, 0.3) is 0 Å². The Morgan fingerprint density at radius 1 is 1.36 bits per heavy atom. The van der Waals surface area contributed by atoms with Gasteiger partial charge in [-0.05, 0) is 30.7 Å². The molecular formula is C17H20N2O3. The Morgan fingerprint density at radius 3 is 2.73 bits per heavy atom. The van der Waals surface area contributed by atoms with E-state index in [1.165, 1.54) is 0 Å². The van der Waals surface area contributed by atoms with Crippen LogP contribution in [-0.2, 0) is 18.4 Å². The Kier molecular flexibility index (Phi) is 5.12. The number of benzene rings is 1. The lowest BCUT2D eigenvalue weighted by Gasteiger charge is -2.08. The molecule has 0 bridgehead atoms. The SMILES string of the molecule is COCc1cc(/C=C/C(=O)c2cn(C)nc2C)ccc1OC. The van der Waals surface area contributed by atoms with Crippen molar-refractivity contribution in [1.82, 2.24) is 9.78 Å². The van der Waals surface area contributed by atoms with Crippen LogP contribution < -0.4 is 4.74 Å². The van der Waals surface area contributed by atoms with Crippen LogP contribution in [-0.4, -0.2) is 29.8 Å². The molecular weight excluding hydrogens is 280 g/mol. The zero-order chi connectivity index (χ0) is 16.1. The second-order valence-electron chi connectivity index (χ2n) is 5.00. The van der Waals surface area contributed by atoms with Crippen LogP contribution in [0.15, 0.2) is 30.5 Å². The fraction of sp³-hybridized carbons (Fsp3) is 0.294. The lowest BCUT2D eigenvalue weighted by atomic mass is 10.1. The number of nitrogens with zero attached hydrogens (tertiary/aromatic N) is 2. The van der Waals surface area contributed by atoms with Crippen LogP contribution in [0.3, 0.4) is 0 Å². The molecule has 1 heterocycles. The first-order valence-electron chi connectivity index (χ1n) is 6.93. The highest BCUT2D eigenvalue weighted by Crippen LogP contribution is 2.21. The Balaban J connectivity index is 2.21. The summed E-state index contributed by atoms with van der Waals surface area (Å²) in [6.45, 7) is 2.28. The van der Waals surface area contributed by atoms with Gasteiger partial charge in [-0.2, -0.15) is 5.10 Å². The van der Waals surface area contributed by atoms with Gasteiger partial charge in [0.15, 0.2) is 5.78 Å². The number of aromatic nitrogens is 2. The quantitative estimate of drug-likeness (QED) is 0.608. The molecule has 116 valence electrons. The molecule has 0 aliphatic heterocycles. The first-order chi connectivity index (χ1) is 10.5. The number of methoxy groups -OCH3 is 2. The molecule has 0 saturated carbocycles. The molecule has 0 amide bonds. The standard InChI is InChI=1S/C17H20N2O3/c1-12-15(10-19(2)18-12)16(20)7-5-13-6-8-17(22-4)14(9-13)11-21-3/h5-10H,11H2,1-4H3/b7-5+. The predicted octanol–water partition coefficient (Wildman–Crippen LogP) is 2.78. The highest BCUT2D eigenvalue weighted by molar-refractivity contribution is 6.07. The zero-order valence-electron chi connectivity index (χ0n) is 13.3. The maximum atomic E-state index is 12.2. The molecule has 0 radical (unpaired) electrons. The van der Waals surface area contributed by atoms with Gasteiger partial charge < -0.3 is 9.47 Å². The van der Waals surface area contributed by atoms with Crippen LogP contribution in [0.1, 0.15) is 27.2 Å². The number of carbonyl (C=O) groups is 1. The number of hydrogen-bond donors (Lipinski definition) is 0. The average Bonchev–Trinajstić information content (AvgIpc) is 2.84. The van der Waals surface area contributed by atoms with Crippen LogP contribution in [0.2, 0.25) is 0 Å². The molecule has 0 fully saturated rings. The van der Waals surface area contributed by atoms with E-state index in [0.29, 0.717) is 12.2 Å². The molecule has 1 aromatic heterocycles. The molecule has 0 N–H and O–H groups in total. The summed E-state index contributed by atoms with van der Waals surface area (Å²) in [7, 11) is 5.06. The molecule has 22 heavy (non-hydrogen) atoms. The lowest BCUT2D eigenvalue weighted by Crippen LogP contribution is -1.96. The third kappa shape index (κ3) is 3.62. The fourth-order valence-corrected chi connectivity index (χ4v) is 2.27. The summed E-state index contributed by atoms with van der Waals surface area (Å²) in [6, 6.07) is 5.72. The lowest BCUT2D eigenvalue weighted by molar-refractivity contribution is 0.104. The smallest absolute Gasteiger partial charge is 0.189 e. The second kappa shape index (κ2) is 7.04. The number of carbonyl (C=O) groups excluding carboxylic acids is 1. The van der Waals surface area contributed by atoms with E-state index in [1.807, 2.05) is 25.1 Å². The number of allylic oxidation sites excluding steroid dienone is 1. The third-order valence-electron chi connectivity index (χ3n) is 3.31. The summed E-state index contributed by atoms with van der Waals surface area (Å²) in [6.07, 6.45) is 5.07. The second-order valence-corrected chi connectivity index (χ2v) is 5.00. The average molecular weight is 300 g/mol. The first-order valence-corrected chi connectivity index (χ1v) is 6.93. The Bertz CT molecular complexity index is 702. The molecule has 0 spiro atoms. The van der Waals surface area contributed by atoms with Crippen LogP contribution in [0.5, 0.6) is 5.75 Å². The Labute approximate surface area is 130 Å². The summed E-state index contributed by atoms with van der Waals surface area (Å²) in [5.74, 6) is 0.711. The van der Waals surface area contributed by atoms with Crippen molar-refractivity contribution in [3.8, 4) is 5.75 Å². The third-order valence-corrected chi connectivity index (χ3v) is 3.31. The van der Waals surface area contributed by atoms with E-state index in [4.69, 9.17) is 9.47 Å². The number of aryl methyl sites for hydroxylation is 2. The Hall–Kier alpha value is -2.40. The van der Waals surface area contributed by atoms with Gasteiger partial charge in [0.1, 0.15) is 5.75 Å². The summed E-state index contributed by atoms with van der Waals surface area (Å²) < 4.78 is 12.1. The summed E-state index contributed by atoms with van der Waals surface area (Å²) >= 11 is 0. The first kappa shape index (κ1) is 16.0. The Morgan fingerprint density at radius 2 is 2.14 bits per heavy atom. The van der Waals surface area contributed by atoms with Gasteiger partial charge in [0.2, 0.25) is 0 Å². The largest absolute Gasteiger partial charge is 0.496 e. The topological polar surface area (TPSA) is 53.4 Å². The van der Waals surface area contributed by atoms with Crippen molar-refractivity contribution in [3.05, 3.63) is 52.9 Å². The number of hydrogen-bond acceptors (Lipinski definition) is 4. The molecule has 0 saturated heterocycles. The van der Waals surface area contributed by atoms with Gasteiger partial charge in [0, 0.05) is 25.9 Å². The van der Waals surface area contributed by atoms with Crippen molar-refractivity contribution in [2.45, 2.75) is 13.5 Å². The van der Waals surface area contributed by atoms with E-state index < -0.39 is 0 Å². The predicted molar refractivity (Wildman–Crippen MR) is 85.0 cm³/mol. The maximum Gasteiger partial charge on any atom is 0.189 e. The highest BCUT2D eigenvalue weighted by atomic mass is 16.5. The maximum absolute atomic E-state index is 12.2. The molecule has 0 aliphatic carbocycles. The number of ether oxygens (including phenoxy) is 2. The van der Waals surface area contributed by atoms with Crippen molar-refractivity contribution in [1.29, 1.82) is 0 Å². The molecule has 1 aromatic carbocycles. The summed E-state index contributed by atoms with van der Waals surface area (Å²) in [5, 5.41) is 4.18. The summed E-state index contributed by atoms with van der Waals surface area (Å²) in [5.41, 5.74) is 3.20. The van der Waals surface area contributed by atoms with E-state index in [-0.39, 0.29) is 5.78 Å².